The molecular weight excluding hydrogens is 294 g/mol. The molecule has 1 saturated heterocycles. The number of ether oxygens (including phenoxy) is 1. The van der Waals surface area contributed by atoms with Gasteiger partial charge in [0.1, 0.15) is 0 Å². The van der Waals surface area contributed by atoms with Gasteiger partial charge in [-0.25, -0.2) is 4.98 Å². The minimum atomic E-state index is -0.727. The number of nitrogens with one attached hydrogen (secondary N) is 1. The van der Waals surface area contributed by atoms with Crippen molar-refractivity contribution in [3.8, 4) is 0 Å². The second kappa shape index (κ2) is 7.16. The van der Waals surface area contributed by atoms with Gasteiger partial charge in [-0.1, -0.05) is 0 Å². The second-order valence-electron chi connectivity index (χ2n) is 4.63. The van der Waals surface area contributed by atoms with Crippen LogP contribution in [0.1, 0.15) is 19.8 Å². The van der Waals surface area contributed by atoms with Gasteiger partial charge in [0.05, 0.1) is 12.5 Å². The Kier molecular flexibility index (Phi) is 5.26. The average Bonchev–Trinajstić information content (AvgIpc) is 2.99. The molecule has 21 heavy (non-hydrogen) atoms. The van der Waals surface area contributed by atoms with Crippen molar-refractivity contribution < 1.29 is 19.1 Å². The van der Waals surface area contributed by atoms with Gasteiger partial charge < -0.3 is 9.64 Å². The predicted molar refractivity (Wildman–Crippen MR) is 76.7 cm³/mol. The Morgan fingerprint density at radius 1 is 1.52 bits per heavy atom. The summed E-state index contributed by atoms with van der Waals surface area (Å²) in [5.74, 6) is -2.03. The van der Waals surface area contributed by atoms with Crippen LogP contribution in [0, 0.1) is 5.92 Å². The number of amides is 2. The number of carbonyl (C=O) groups is 3. The normalized spacial score (nSPS) is 18.1. The van der Waals surface area contributed by atoms with Crippen LogP contribution in [-0.4, -0.2) is 47.4 Å². The number of nitrogens with zero attached hydrogens (tertiary/aromatic N) is 2. The molecule has 1 aromatic rings. The molecule has 0 radical (unpaired) electrons. The van der Waals surface area contributed by atoms with E-state index in [1.54, 1.807) is 18.5 Å². The zero-order valence-electron chi connectivity index (χ0n) is 11.7. The summed E-state index contributed by atoms with van der Waals surface area (Å²) < 4.78 is 4.97. The monoisotopic (exact) mass is 311 g/mol. The van der Waals surface area contributed by atoms with Crippen molar-refractivity contribution >= 4 is 34.3 Å². The van der Waals surface area contributed by atoms with E-state index >= 15 is 0 Å². The number of piperidine rings is 1. The quantitative estimate of drug-likeness (QED) is 0.661. The molecule has 1 fully saturated rings. The molecule has 1 aromatic heterocycles. The first-order valence-electron chi connectivity index (χ1n) is 6.78. The number of aromatic nitrogens is 1. The molecule has 0 saturated carbocycles. The van der Waals surface area contributed by atoms with Crippen molar-refractivity contribution in [2.45, 2.75) is 19.8 Å². The highest BCUT2D eigenvalue weighted by atomic mass is 32.1. The van der Waals surface area contributed by atoms with Crippen LogP contribution in [0.3, 0.4) is 0 Å². The molecule has 8 heteroatoms. The maximum Gasteiger partial charge on any atom is 0.315 e. The molecule has 1 atom stereocenters. The van der Waals surface area contributed by atoms with Gasteiger partial charge in [-0.05, 0) is 19.8 Å². The number of carbonyl (C=O) groups excluding carboxylic acids is 3. The Morgan fingerprint density at radius 2 is 2.33 bits per heavy atom. The zero-order valence-corrected chi connectivity index (χ0v) is 12.5. The summed E-state index contributed by atoms with van der Waals surface area (Å²) in [5, 5.41) is 4.54. The molecule has 1 unspecified atom stereocenters. The average molecular weight is 311 g/mol. The van der Waals surface area contributed by atoms with Gasteiger partial charge in [-0.3, -0.25) is 19.7 Å². The van der Waals surface area contributed by atoms with Gasteiger partial charge >= 0.3 is 17.8 Å². The molecule has 0 bridgehead atoms. The van der Waals surface area contributed by atoms with Crippen LogP contribution in [0.4, 0.5) is 5.13 Å². The lowest BCUT2D eigenvalue weighted by atomic mass is 9.98. The minimum absolute atomic E-state index is 0.225. The van der Waals surface area contributed by atoms with E-state index in [1.807, 2.05) is 0 Å². The third-order valence-corrected chi connectivity index (χ3v) is 3.86. The van der Waals surface area contributed by atoms with Gasteiger partial charge in [-0.15, -0.1) is 11.3 Å². The topological polar surface area (TPSA) is 88.6 Å². The van der Waals surface area contributed by atoms with E-state index in [-0.39, 0.29) is 18.4 Å². The van der Waals surface area contributed by atoms with Crippen LogP contribution in [0.15, 0.2) is 11.6 Å². The highest BCUT2D eigenvalue weighted by Gasteiger charge is 2.32. The number of hydrogen-bond donors (Lipinski definition) is 1. The molecule has 7 nitrogen and oxygen atoms in total. The van der Waals surface area contributed by atoms with Crippen LogP contribution in [-0.2, 0) is 19.1 Å². The Balaban J connectivity index is 1.92. The van der Waals surface area contributed by atoms with Crippen molar-refractivity contribution in [1.82, 2.24) is 9.88 Å². The summed E-state index contributed by atoms with van der Waals surface area (Å²) >= 11 is 1.24. The third kappa shape index (κ3) is 4.01. The number of thiazole rings is 1. The Morgan fingerprint density at radius 3 is 3.00 bits per heavy atom. The first-order valence-corrected chi connectivity index (χ1v) is 7.66. The highest BCUT2D eigenvalue weighted by molar-refractivity contribution is 7.13. The molecule has 1 aliphatic heterocycles. The van der Waals surface area contributed by atoms with E-state index in [9.17, 15) is 14.4 Å². The molecule has 2 amide bonds. The Labute approximate surface area is 126 Å². The van der Waals surface area contributed by atoms with Crippen LogP contribution < -0.4 is 5.32 Å². The number of rotatable bonds is 3. The molecule has 0 spiro atoms. The zero-order chi connectivity index (χ0) is 15.2. The standard InChI is InChI=1S/C13H17N3O4S/c1-2-20-12(19)9-4-3-6-16(8-9)11(18)10(17)15-13-14-5-7-21-13/h5,7,9H,2-4,6,8H2,1H3,(H,14,15,17). The summed E-state index contributed by atoms with van der Waals surface area (Å²) in [6.07, 6.45) is 2.90. The Bertz CT molecular complexity index is 517. The van der Waals surface area contributed by atoms with Crippen molar-refractivity contribution in [2.75, 3.05) is 25.0 Å². The van der Waals surface area contributed by atoms with Gasteiger partial charge in [0.25, 0.3) is 0 Å². The van der Waals surface area contributed by atoms with Crippen molar-refractivity contribution in [1.29, 1.82) is 0 Å². The summed E-state index contributed by atoms with van der Waals surface area (Å²) in [4.78, 5) is 41.0. The van der Waals surface area contributed by atoms with Crippen LogP contribution in [0.5, 0.6) is 0 Å². The summed E-state index contributed by atoms with van der Waals surface area (Å²) in [6, 6.07) is 0. The molecule has 2 heterocycles. The molecule has 0 aromatic carbocycles. The van der Waals surface area contributed by atoms with Crippen molar-refractivity contribution in [3.05, 3.63) is 11.6 Å². The number of anilines is 1. The van der Waals surface area contributed by atoms with E-state index in [4.69, 9.17) is 4.74 Å². The summed E-state index contributed by atoms with van der Waals surface area (Å²) in [7, 11) is 0. The molecule has 1 aliphatic rings. The largest absolute Gasteiger partial charge is 0.466 e. The second-order valence-corrected chi connectivity index (χ2v) is 5.53. The van der Waals surface area contributed by atoms with E-state index in [2.05, 4.69) is 10.3 Å². The maximum atomic E-state index is 12.1. The van der Waals surface area contributed by atoms with Gasteiger partial charge in [0.2, 0.25) is 0 Å². The molecule has 114 valence electrons. The minimum Gasteiger partial charge on any atom is -0.466 e. The lowest BCUT2D eigenvalue weighted by molar-refractivity contribution is -0.153. The predicted octanol–water partition coefficient (Wildman–Crippen LogP) is 0.883. The van der Waals surface area contributed by atoms with Crippen molar-refractivity contribution in [3.63, 3.8) is 0 Å². The van der Waals surface area contributed by atoms with Crippen LogP contribution in [0.2, 0.25) is 0 Å². The third-order valence-electron chi connectivity index (χ3n) is 3.18. The lowest BCUT2D eigenvalue weighted by Gasteiger charge is -2.30. The smallest absolute Gasteiger partial charge is 0.315 e. The number of esters is 1. The first-order chi connectivity index (χ1) is 10.1. The number of hydrogen-bond acceptors (Lipinski definition) is 6. The lowest BCUT2D eigenvalue weighted by Crippen LogP contribution is -2.47. The van der Waals surface area contributed by atoms with Crippen molar-refractivity contribution in [2.24, 2.45) is 5.92 Å². The van der Waals surface area contributed by atoms with Crippen LogP contribution in [0.25, 0.3) is 0 Å². The van der Waals surface area contributed by atoms with E-state index in [0.29, 0.717) is 31.1 Å². The fraction of sp³-hybridized carbons (Fsp3) is 0.538. The molecule has 2 rings (SSSR count). The fourth-order valence-corrected chi connectivity index (χ4v) is 2.72. The van der Waals surface area contributed by atoms with Gasteiger partial charge in [0, 0.05) is 24.7 Å². The SMILES string of the molecule is CCOC(=O)C1CCCN(C(=O)C(=O)Nc2nccs2)C1. The van der Waals surface area contributed by atoms with Crippen LogP contribution >= 0.6 is 11.3 Å². The van der Waals surface area contributed by atoms with E-state index < -0.39 is 11.8 Å². The van der Waals surface area contributed by atoms with E-state index in [0.717, 1.165) is 0 Å². The van der Waals surface area contributed by atoms with Gasteiger partial charge in [0.15, 0.2) is 5.13 Å². The Hall–Kier alpha value is -1.96. The van der Waals surface area contributed by atoms with E-state index in [1.165, 1.54) is 16.2 Å². The molecule has 1 N–H and O–H groups in total. The first kappa shape index (κ1) is 15.4. The maximum absolute atomic E-state index is 12.1. The summed E-state index contributed by atoms with van der Waals surface area (Å²) in [5.41, 5.74) is 0. The fourth-order valence-electron chi connectivity index (χ4n) is 2.19. The highest BCUT2D eigenvalue weighted by Crippen LogP contribution is 2.18. The number of likely N-dealkylation sites (tertiary alicyclic amines) is 1. The molecular formula is C13H17N3O4S. The van der Waals surface area contributed by atoms with Gasteiger partial charge in [-0.2, -0.15) is 0 Å². The summed E-state index contributed by atoms with van der Waals surface area (Å²) in [6.45, 7) is 2.75. The molecule has 0 aliphatic carbocycles.